The first-order valence-corrected chi connectivity index (χ1v) is 14.0. The molecule has 0 aliphatic heterocycles. The number of Topliss-reactive ketones (excluding diaryl/α,β-unsaturated/α-hetero) is 1. The van der Waals surface area contributed by atoms with Crippen LogP contribution < -0.4 is 10.6 Å². The van der Waals surface area contributed by atoms with Crippen molar-refractivity contribution >= 4 is 23.6 Å². The van der Waals surface area contributed by atoms with Crippen molar-refractivity contribution in [1.82, 2.24) is 15.5 Å². The summed E-state index contributed by atoms with van der Waals surface area (Å²) < 4.78 is 21.3. The van der Waals surface area contributed by atoms with Gasteiger partial charge < -0.3 is 34.7 Å². The molecule has 12 nitrogen and oxygen atoms in total. The molecular formula is C29H47N3O9. The molecule has 0 aliphatic carbocycles. The van der Waals surface area contributed by atoms with E-state index in [1.807, 2.05) is 39.8 Å². The summed E-state index contributed by atoms with van der Waals surface area (Å²) in [6.07, 6.45) is 0.0838. The molecule has 41 heavy (non-hydrogen) atoms. The maximum Gasteiger partial charge on any atom is 0.304 e. The number of ether oxygens (including phenoxy) is 4. The van der Waals surface area contributed by atoms with Crippen molar-refractivity contribution < 1.29 is 43.2 Å². The summed E-state index contributed by atoms with van der Waals surface area (Å²) >= 11 is 0. The van der Waals surface area contributed by atoms with Gasteiger partial charge in [-0.2, -0.15) is 0 Å². The van der Waals surface area contributed by atoms with Crippen LogP contribution in [0.4, 0.5) is 0 Å². The number of carboxylic acid groups (broad SMARTS) is 1. The molecule has 0 atom stereocenters. The number of hydrogen-bond acceptors (Lipinski definition) is 9. The molecule has 0 spiro atoms. The predicted molar refractivity (Wildman–Crippen MR) is 153 cm³/mol. The van der Waals surface area contributed by atoms with E-state index in [9.17, 15) is 19.2 Å². The minimum atomic E-state index is -0.823. The van der Waals surface area contributed by atoms with E-state index in [4.69, 9.17) is 24.1 Å². The third kappa shape index (κ3) is 18.2. The van der Waals surface area contributed by atoms with Crippen LogP contribution in [0.1, 0.15) is 50.0 Å². The Morgan fingerprint density at radius 2 is 1.34 bits per heavy atom. The van der Waals surface area contributed by atoms with Crippen molar-refractivity contribution in [1.29, 1.82) is 0 Å². The van der Waals surface area contributed by atoms with Crippen LogP contribution in [0, 0.1) is 5.92 Å². The highest BCUT2D eigenvalue weighted by atomic mass is 16.5. The van der Waals surface area contributed by atoms with Gasteiger partial charge in [0.2, 0.25) is 5.91 Å². The Hall–Kier alpha value is -2.90. The summed E-state index contributed by atoms with van der Waals surface area (Å²) in [4.78, 5) is 48.5. The Morgan fingerprint density at radius 3 is 1.90 bits per heavy atom. The molecular weight excluding hydrogens is 534 g/mol. The van der Waals surface area contributed by atoms with Gasteiger partial charge in [0.15, 0.2) is 5.78 Å². The number of amides is 2. The van der Waals surface area contributed by atoms with E-state index in [-0.39, 0.29) is 62.4 Å². The van der Waals surface area contributed by atoms with Crippen molar-refractivity contribution in [2.24, 2.45) is 5.92 Å². The molecule has 12 heteroatoms. The molecule has 2 amide bonds. The molecule has 0 fully saturated rings. The zero-order valence-electron chi connectivity index (χ0n) is 24.8. The summed E-state index contributed by atoms with van der Waals surface area (Å²) in [6, 6.07) is 7.45. The highest BCUT2D eigenvalue weighted by Gasteiger charge is 2.13. The highest BCUT2D eigenvalue weighted by Crippen LogP contribution is 2.11. The summed E-state index contributed by atoms with van der Waals surface area (Å²) in [6.45, 7) is 11.3. The van der Waals surface area contributed by atoms with E-state index in [0.29, 0.717) is 58.2 Å². The van der Waals surface area contributed by atoms with Gasteiger partial charge >= 0.3 is 5.97 Å². The van der Waals surface area contributed by atoms with Gasteiger partial charge in [0.05, 0.1) is 46.1 Å². The van der Waals surface area contributed by atoms with Crippen LogP contribution in [0.15, 0.2) is 24.3 Å². The van der Waals surface area contributed by atoms with Crippen molar-refractivity contribution in [2.75, 3.05) is 72.5 Å². The van der Waals surface area contributed by atoms with E-state index in [2.05, 4.69) is 15.5 Å². The SMILES string of the molecule is CC(C)C(=O)COCCOCCNC(=O)COCCOCCNC(=O)c1ccc(CN(CCC(=O)O)C(C)C)cc1. The second-order valence-electron chi connectivity index (χ2n) is 9.96. The molecule has 232 valence electrons. The fourth-order valence-electron chi connectivity index (χ4n) is 3.35. The van der Waals surface area contributed by atoms with Crippen molar-refractivity contribution in [3.05, 3.63) is 35.4 Å². The van der Waals surface area contributed by atoms with Gasteiger partial charge in [-0.25, -0.2) is 0 Å². The van der Waals surface area contributed by atoms with E-state index in [1.165, 1.54) is 0 Å². The van der Waals surface area contributed by atoms with Crippen LogP contribution in [0.25, 0.3) is 0 Å². The molecule has 1 rings (SSSR count). The lowest BCUT2D eigenvalue weighted by Crippen LogP contribution is -2.32. The molecule has 0 saturated heterocycles. The summed E-state index contributed by atoms with van der Waals surface area (Å²) in [7, 11) is 0. The minimum absolute atomic E-state index is 0.0448. The topological polar surface area (TPSA) is 153 Å². The van der Waals surface area contributed by atoms with Gasteiger partial charge in [-0.15, -0.1) is 0 Å². The van der Waals surface area contributed by atoms with Crippen LogP contribution in [0.2, 0.25) is 0 Å². The number of benzene rings is 1. The van der Waals surface area contributed by atoms with Crippen LogP contribution >= 0.6 is 0 Å². The molecule has 3 N–H and O–H groups in total. The molecule has 1 aromatic carbocycles. The lowest BCUT2D eigenvalue weighted by Gasteiger charge is -2.25. The second-order valence-corrected chi connectivity index (χ2v) is 9.96. The third-order valence-electron chi connectivity index (χ3n) is 5.91. The Balaban J connectivity index is 2.05. The first kappa shape index (κ1) is 36.1. The Bertz CT molecular complexity index is 907. The summed E-state index contributed by atoms with van der Waals surface area (Å²) in [5.74, 6) is -1.29. The molecule has 0 bridgehead atoms. The minimum Gasteiger partial charge on any atom is -0.481 e. The quantitative estimate of drug-likeness (QED) is 0.153. The molecule has 0 unspecified atom stereocenters. The van der Waals surface area contributed by atoms with Gasteiger partial charge in [0.25, 0.3) is 5.91 Å². The number of ketones is 1. The predicted octanol–water partition coefficient (Wildman–Crippen LogP) is 1.51. The van der Waals surface area contributed by atoms with Crippen molar-refractivity contribution in [3.8, 4) is 0 Å². The Morgan fingerprint density at radius 1 is 0.780 bits per heavy atom. The second kappa shape index (κ2) is 21.8. The summed E-state index contributed by atoms with van der Waals surface area (Å²) in [5.41, 5.74) is 1.53. The normalized spacial score (nSPS) is 11.3. The van der Waals surface area contributed by atoms with Crippen LogP contribution in [-0.4, -0.2) is 112 Å². The van der Waals surface area contributed by atoms with Crippen molar-refractivity contribution in [3.63, 3.8) is 0 Å². The lowest BCUT2D eigenvalue weighted by molar-refractivity contribution is -0.137. The standard InChI is InChI=1S/C29H47N3O9/c1-22(2)26(33)20-40-17-15-38-13-10-30-27(34)21-41-18-16-39-14-11-31-29(37)25-7-5-24(6-8-25)19-32(23(3)4)12-9-28(35)36/h5-8,22-23H,9-21H2,1-4H3,(H,30,34)(H,31,37)(H,35,36). The van der Waals surface area contributed by atoms with E-state index < -0.39 is 5.97 Å². The lowest BCUT2D eigenvalue weighted by atomic mass is 10.1. The third-order valence-corrected chi connectivity index (χ3v) is 5.91. The number of nitrogens with zero attached hydrogens (tertiary/aromatic N) is 1. The maximum absolute atomic E-state index is 12.4. The Kier molecular flexibility index (Phi) is 19.2. The van der Waals surface area contributed by atoms with Crippen LogP contribution in [0.5, 0.6) is 0 Å². The Labute approximate surface area is 243 Å². The van der Waals surface area contributed by atoms with E-state index in [1.54, 1.807) is 12.1 Å². The first-order chi connectivity index (χ1) is 19.6. The fraction of sp³-hybridized carbons (Fsp3) is 0.655. The number of carbonyl (C=O) groups excluding carboxylic acids is 3. The molecule has 0 radical (unpaired) electrons. The van der Waals surface area contributed by atoms with Crippen LogP contribution in [0.3, 0.4) is 0 Å². The number of aliphatic carboxylic acids is 1. The van der Waals surface area contributed by atoms with Crippen LogP contribution in [-0.2, 0) is 39.9 Å². The van der Waals surface area contributed by atoms with E-state index >= 15 is 0 Å². The van der Waals surface area contributed by atoms with Gasteiger partial charge in [-0.1, -0.05) is 26.0 Å². The van der Waals surface area contributed by atoms with Gasteiger partial charge in [-0.3, -0.25) is 24.1 Å². The highest BCUT2D eigenvalue weighted by molar-refractivity contribution is 5.94. The number of carboxylic acids is 1. The average molecular weight is 582 g/mol. The smallest absolute Gasteiger partial charge is 0.304 e. The van der Waals surface area contributed by atoms with Gasteiger partial charge in [-0.05, 0) is 31.5 Å². The monoisotopic (exact) mass is 581 g/mol. The number of carbonyl (C=O) groups is 4. The molecule has 1 aromatic rings. The van der Waals surface area contributed by atoms with E-state index in [0.717, 1.165) is 5.56 Å². The molecule has 0 saturated carbocycles. The number of hydrogen-bond donors (Lipinski definition) is 3. The number of rotatable bonds is 24. The molecule has 0 aliphatic rings. The number of nitrogens with one attached hydrogen (secondary N) is 2. The van der Waals surface area contributed by atoms with Gasteiger partial charge in [0.1, 0.15) is 13.2 Å². The molecule has 0 aromatic heterocycles. The fourth-order valence-corrected chi connectivity index (χ4v) is 3.35. The summed E-state index contributed by atoms with van der Waals surface area (Å²) in [5, 5.41) is 14.4. The maximum atomic E-state index is 12.4. The largest absolute Gasteiger partial charge is 0.481 e. The first-order valence-electron chi connectivity index (χ1n) is 14.0. The molecule has 0 heterocycles. The average Bonchev–Trinajstić information content (AvgIpc) is 2.93. The zero-order chi connectivity index (χ0) is 30.5. The van der Waals surface area contributed by atoms with Crippen molar-refractivity contribution in [2.45, 2.75) is 46.7 Å². The zero-order valence-corrected chi connectivity index (χ0v) is 24.8. The van der Waals surface area contributed by atoms with Gasteiger partial charge in [0, 0.05) is 43.7 Å².